The summed E-state index contributed by atoms with van der Waals surface area (Å²) in [5, 5.41) is 0. The highest BCUT2D eigenvalue weighted by atomic mass is 32.2. The van der Waals surface area contributed by atoms with Gasteiger partial charge in [-0.25, -0.2) is 4.39 Å². The number of rotatable bonds is 4. The lowest BCUT2D eigenvalue weighted by Gasteiger charge is -2.05. The van der Waals surface area contributed by atoms with Crippen LogP contribution in [-0.4, -0.2) is 7.11 Å². The zero-order valence-corrected chi connectivity index (χ0v) is 10.8. The normalized spacial score (nSPS) is 10.3. The first-order valence-electron chi connectivity index (χ1n) is 5.49. The smallest absolute Gasteiger partial charge is 0.125 e. The van der Waals surface area contributed by atoms with Crippen LogP contribution in [0.1, 0.15) is 5.56 Å². The molecule has 0 saturated carbocycles. The number of hydrogen-bond donors (Lipinski definition) is 1. The van der Waals surface area contributed by atoms with Crippen LogP contribution in [-0.2, 0) is 5.75 Å². The number of methoxy groups -OCH3 is 1. The largest absolute Gasteiger partial charge is 0.497 e. The highest BCUT2D eigenvalue weighted by molar-refractivity contribution is 7.98. The maximum Gasteiger partial charge on any atom is 0.125 e. The second-order valence-electron chi connectivity index (χ2n) is 3.86. The third kappa shape index (κ3) is 3.40. The molecule has 4 heteroatoms. The van der Waals surface area contributed by atoms with Gasteiger partial charge in [-0.1, -0.05) is 6.07 Å². The van der Waals surface area contributed by atoms with E-state index in [2.05, 4.69) is 0 Å². The van der Waals surface area contributed by atoms with Gasteiger partial charge in [0, 0.05) is 16.3 Å². The molecule has 0 fully saturated rings. The van der Waals surface area contributed by atoms with Gasteiger partial charge in [-0.3, -0.25) is 0 Å². The Labute approximate surface area is 110 Å². The van der Waals surface area contributed by atoms with Gasteiger partial charge >= 0.3 is 0 Å². The summed E-state index contributed by atoms with van der Waals surface area (Å²) in [5.74, 6) is 1.20. The van der Waals surface area contributed by atoms with Crippen molar-refractivity contribution in [3.63, 3.8) is 0 Å². The highest BCUT2D eigenvalue weighted by Gasteiger charge is 2.01. The predicted molar refractivity (Wildman–Crippen MR) is 73.4 cm³/mol. The first-order chi connectivity index (χ1) is 8.67. The minimum Gasteiger partial charge on any atom is -0.497 e. The Kier molecular flexibility index (Phi) is 4.10. The lowest BCUT2D eigenvalue weighted by Crippen LogP contribution is -1.90. The topological polar surface area (TPSA) is 35.2 Å². The molecule has 0 spiro atoms. The molecule has 0 saturated heterocycles. The van der Waals surface area contributed by atoms with E-state index in [9.17, 15) is 4.39 Å². The molecule has 0 amide bonds. The number of ether oxygens (including phenoxy) is 1. The molecule has 0 unspecified atom stereocenters. The van der Waals surface area contributed by atoms with Gasteiger partial charge in [-0.15, -0.1) is 11.8 Å². The third-order valence-electron chi connectivity index (χ3n) is 2.43. The van der Waals surface area contributed by atoms with Crippen LogP contribution in [0.15, 0.2) is 47.4 Å². The maximum atomic E-state index is 13.2. The second-order valence-corrected chi connectivity index (χ2v) is 4.91. The fourth-order valence-corrected chi connectivity index (χ4v) is 2.49. The zero-order valence-electron chi connectivity index (χ0n) is 10.0. The summed E-state index contributed by atoms with van der Waals surface area (Å²) >= 11 is 1.62. The fourth-order valence-electron chi connectivity index (χ4n) is 1.62. The lowest BCUT2D eigenvalue weighted by atomic mass is 10.2. The van der Waals surface area contributed by atoms with Crippen molar-refractivity contribution in [1.82, 2.24) is 0 Å². The van der Waals surface area contributed by atoms with E-state index in [1.54, 1.807) is 24.9 Å². The first-order valence-corrected chi connectivity index (χ1v) is 6.48. The van der Waals surface area contributed by atoms with E-state index >= 15 is 0 Å². The number of anilines is 1. The average molecular weight is 263 g/mol. The van der Waals surface area contributed by atoms with Gasteiger partial charge in [0.05, 0.1) is 7.11 Å². The van der Waals surface area contributed by atoms with Crippen molar-refractivity contribution in [2.75, 3.05) is 12.8 Å². The molecule has 0 aliphatic heterocycles. The van der Waals surface area contributed by atoms with Crippen LogP contribution in [0.3, 0.4) is 0 Å². The lowest BCUT2D eigenvalue weighted by molar-refractivity contribution is 0.413. The Hall–Kier alpha value is -1.68. The number of hydrogen-bond acceptors (Lipinski definition) is 3. The Morgan fingerprint density at radius 2 is 2.06 bits per heavy atom. The number of nitrogen functional groups attached to an aromatic ring is 1. The Morgan fingerprint density at radius 3 is 2.78 bits per heavy atom. The van der Waals surface area contributed by atoms with Gasteiger partial charge < -0.3 is 10.5 Å². The highest BCUT2D eigenvalue weighted by Crippen LogP contribution is 2.26. The molecular weight excluding hydrogens is 249 g/mol. The molecule has 2 nitrogen and oxygen atoms in total. The van der Waals surface area contributed by atoms with Crippen molar-refractivity contribution in [1.29, 1.82) is 0 Å². The summed E-state index contributed by atoms with van der Waals surface area (Å²) in [6.07, 6.45) is 0. The Balaban J connectivity index is 2.06. The van der Waals surface area contributed by atoms with Crippen LogP contribution in [0.25, 0.3) is 0 Å². The summed E-state index contributed by atoms with van der Waals surface area (Å²) in [4.78, 5) is 1.08. The summed E-state index contributed by atoms with van der Waals surface area (Å²) < 4.78 is 18.3. The van der Waals surface area contributed by atoms with Gasteiger partial charge in [0.2, 0.25) is 0 Å². The molecule has 0 aliphatic carbocycles. The van der Waals surface area contributed by atoms with E-state index in [1.807, 2.05) is 24.3 Å². The molecule has 0 aromatic heterocycles. The molecule has 2 aromatic rings. The molecule has 2 N–H and O–H groups in total. The van der Waals surface area contributed by atoms with Crippen molar-refractivity contribution in [2.45, 2.75) is 10.6 Å². The molecule has 2 rings (SSSR count). The van der Waals surface area contributed by atoms with Crippen molar-refractivity contribution in [3.05, 3.63) is 53.8 Å². The molecule has 0 radical (unpaired) electrons. The summed E-state index contributed by atoms with van der Waals surface area (Å²) in [5.41, 5.74) is 6.93. The van der Waals surface area contributed by atoms with Crippen molar-refractivity contribution in [2.24, 2.45) is 0 Å². The van der Waals surface area contributed by atoms with E-state index in [4.69, 9.17) is 10.5 Å². The Morgan fingerprint density at radius 1 is 1.22 bits per heavy atom. The first kappa shape index (κ1) is 12.8. The quantitative estimate of drug-likeness (QED) is 0.674. The number of nitrogens with two attached hydrogens (primary N) is 1. The average Bonchev–Trinajstić information content (AvgIpc) is 2.35. The molecule has 0 heterocycles. The van der Waals surface area contributed by atoms with Crippen LogP contribution in [0.2, 0.25) is 0 Å². The molecule has 94 valence electrons. The van der Waals surface area contributed by atoms with Crippen LogP contribution in [0, 0.1) is 5.82 Å². The minimum atomic E-state index is -0.295. The minimum absolute atomic E-state index is 0.295. The van der Waals surface area contributed by atoms with Gasteiger partial charge in [0.1, 0.15) is 11.6 Å². The molecule has 0 aliphatic rings. The summed E-state index contributed by atoms with van der Waals surface area (Å²) in [6.45, 7) is 0. The van der Waals surface area contributed by atoms with Crippen molar-refractivity contribution in [3.8, 4) is 5.75 Å². The monoisotopic (exact) mass is 263 g/mol. The van der Waals surface area contributed by atoms with Crippen LogP contribution in [0.5, 0.6) is 5.75 Å². The van der Waals surface area contributed by atoms with E-state index < -0.39 is 0 Å². The van der Waals surface area contributed by atoms with E-state index in [0.717, 1.165) is 16.2 Å². The van der Waals surface area contributed by atoms with Crippen LogP contribution < -0.4 is 10.5 Å². The number of benzene rings is 2. The van der Waals surface area contributed by atoms with Gasteiger partial charge in [-0.2, -0.15) is 0 Å². The molecule has 18 heavy (non-hydrogen) atoms. The van der Waals surface area contributed by atoms with Crippen LogP contribution in [0.4, 0.5) is 10.1 Å². The summed E-state index contributed by atoms with van der Waals surface area (Å²) in [7, 11) is 1.64. The molecule has 0 atom stereocenters. The van der Waals surface area contributed by atoms with Gasteiger partial charge in [0.15, 0.2) is 0 Å². The second kappa shape index (κ2) is 5.78. The SMILES string of the molecule is COc1cccc(SCc2cc(N)cc(F)c2)c1. The molecule has 2 aromatic carbocycles. The molecule has 0 bridgehead atoms. The standard InChI is InChI=1S/C14H14FNOS/c1-17-13-3-2-4-14(8-13)18-9-10-5-11(15)7-12(16)6-10/h2-8H,9,16H2,1H3. The molecular formula is C14H14FNOS. The predicted octanol–water partition coefficient (Wildman–Crippen LogP) is 3.71. The van der Waals surface area contributed by atoms with E-state index in [0.29, 0.717) is 11.4 Å². The van der Waals surface area contributed by atoms with Crippen LogP contribution >= 0.6 is 11.8 Å². The third-order valence-corrected chi connectivity index (χ3v) is 3.49. The van der Waals surface area contributed by atoms with Crippen molar-refractivity contribution < 1.29 is 9.13 Å². The van der Waals surface area contributed by atoms with E-state index in [1.165, 1.54) is 12.1 Å². The Bertz CT molecular complexity index is 525. The zero-order chi connectivity index (χ0) is 13.0. The number of halogens is 1. The van der Waals surface area contributed by atoms with E-state index in [-0.39, 0.29) is 5.82 Å². The number of thioether (sulfide) groups is 1. The fraction of sp³-hybridized carbons (Fsp3) is 0.143. The van der Waals surface area contributed by atoms with Gasteiger partial charge in [0.25, 0.3) is 0 Å². The maximum absolute atomic E-state index is 13.2. The van der Waals surface area contributed by atoms with Gasteiger partial charge in [-0.05, 0) is 42.0 Å². The van der Waals surface area contributed by atoms with Crippen molar-refractivity contribution >= 4 is 17.4 Å². The summed E-state index contributed by atoms with van der Waals surface area (Å²) in [6, 6.07) is 12.4.